The number of methoxy groups -OCH3 is 2. The Morgan fingerprint density at radius 3 is 2.44 bits per heavy atom. The quantitative estimate of drug-likeness (QED) is 0.546. The zero-order chi connectivity index (χ0) is 22.7. The molecule has 1 N–H and O–H groups in total. The molecule has 2 aromatic carbocycles. The zero-order valence-corrected chi connectivity index (χ0v) is 18.2. The summed E-state index contributed by atoms with van der Waals surface area (Å²) in [6, 6.07) is 15.5. The van der Waals surface area contributed by atoms with E-state index in [1.54, 1.807) is 68.0 Å². The first-order valence-electron chi connectivity index (χ1n) is 9.76. The minimum Gasteiger partial charge on any atom is -0.497 e. The molecule has 32 heavy (non-hydrogen) atoms. The largest absolute Gasteiger partial charge is 0.497 e. The predicted molar refractivity (Wildman–Crippen MR) is 121 cm³/mol. The monoisotopic (exact) mass is 449 g/mol. The molecule has 7 nitrogen and oxygen atoms in total. The van der Waals surface area contributed by atoms with Crippen molar-refractivity contribution in [1.82, 2.24) is 9.88 Å². The van der Waals surface area contributed by atoms with Gasteiger partial charge in [0.25, 0.3) is 11.8 Å². The van der Waals surface area contributed by atoms with E-state index in [1.165, 1.54) is 12.0 Å². The number of benzene rings is 2. The van der Waals surface area contributed by atoms with Gasteiger partial charge in [-0.25, -0.2) is 0 Å². The molecular weight excluding hydrogens is 430 g/mol. The van der Waals surface area contributed by atoms with Crippen LogP contribution in [0.3, 0.4) is 0 Å². The Labute approximate surface area is 190 Å². The van der Waals surface area contributed by atoms with Crippen LogP contribution in [-0.2, 0) is 16.1 Å². The molecule has 0 spiro atoms. The Kier molecular flexibility index (Phi) is 6.09. The SMILES string of the molecule is COc1ccc(C2=C(Nc3cc(Cl)ccc3OC)C(=O)N(Cc3cccnc3)C2=O)cc1. The molecule has 0 aliphatic carbocycles. The van der Waals surface area contributed by atoms with Crippen LogP contribution in [0.4, 0.5) is 5.69 Å². The number of ether oxygens (including phenoxy) is 2. The normalized spacial score (nSPS) is 13.5. The van der Waals surface area contributed by atoms with Crippen LogP contribution in [0.15, 0.2) is 72.7 Å². The number of halogens is 1. The minimum absolute atomic E-state index is 0.100. The number of imide groups is 1. The smallest absolute Gasteiger partial charge is 0.278 e. The van der Waals surface area contributed by atoms with Crippen molar-refractivity contribution in [3.63, 3.8) is 0 Å². The Morgan fingerprint density at radius 2 is 1.78 bits per heavy atom. The lowest BCUT2D eigenvalue weighted by Gasteiger charge is -2.16. The lowest BCUT2D eigenvalue weighted by Crippen LogP contribution is -2.32. The van der Waals surface area contributed by atoms with Gasteiger partial charge in [0.2, 0.25) is 0 Å². The van der Waals surface area contributed by atoms with Crippen LogP contribution in [0.5, 0.6) is 11.5 Å². The van der Waals surface area contributed by atoms with Gasteiger partial charge in [0.1, 0.15) is 17.2 Å². The highest BCUT2D eigenvalue weighted by molar-refractivity contribution is 6.36. The fourth-order valence-corrected chi connectivity index (χ4v) is 3.62. The van der Waals surface area contributed by atoms with Crippen molar-refractivity contribution in [3.05, 3.63) is 88.8 Å². The maximum absolute atomic E-state index is 13.4. The maximum Gasteiger partial charge on any atom is 0.278 e. The highest BCUT2D eigenvalue weighted by atomic mass is 35.5. The number of carbonyl (C=O) groups is 2. The number of rotatable bonds is 7. The van der Waals surface area contributed by atoms with Gasteiger partial charge in [0.15, 0.2) is 0 Å². The van der Waals surface area contributed by atoms with Crippen molar-refractivity contribution in [2.75, 3.05) is 19.5 Å². The highest BCUT2D eigenvalue weighted by Gasteiger charge is 2.39. The average Bonchev–Trinajstić information content (AvgIpc) is 3.04. The van der Waals surface area contributed by atoms with E-state index in [9.17, 15) is 9.59 Å². The Morgan fingerprint density at radius 1 is 1.00 bits per heavy atom. The lowest BCUT2D eigenvalue weighted by molar-refractivity contribution is -0.137. The molecule has 0 bridgehead atoms. The van der Waals surface area contributed by atoms with Gasteiger partial charge in [-0.3, -0.25) is 19.5 Å². The Bertz CT molecular complexity index is 1190. The molecular formula is C24H20ClN3O4. The van der Waals surface area contributed by atoms with E-state index in [-0.39, 0.29) is 17.8 Å². The summed E-state index contributed by atoms with van der Waals surface area (Å²) in [6.07, 6.45) is 3.26. The molecule has 0 atom stereocenters. The first kappa shape index (κ1) is 21.4. The molecule has 4 rings (SSSR count). The molecule has 0 saturated heterocycles. The molecule has 2 heterocycles. The number of hydrogen-bond donors (Lipinski definition) is 1. The Balaban J connectivity index is 1.78. The van der Waals surface area contributed by atoms with Gasteiger partial charge in [0.05, 0.1) is 32.0 Å². The van der Waals surface area contributed by atoms with Crippen molar-refractivity contribution in [2.45, 2.75) is 6.54 Å². The van der Waals surface area contributed by atoms with Gasteiger partial charge in [-0.1, -0.05) is 29.8 Å². The van der Waals surface area contributed by atoms with Crippen LogP contribution in [0.2, 0.25) is 5.02 Å². The van der Waals surface area contributed by atoms with E-state index in [0.29, 0.717) is 27.8 Å². The third-order valence-corrected chi connectivity index (χ3v) is 5.27. The zero-order valence-electron chi connectivity index (χ0n) is 17.5. The van der Waals surface area contributed by atoms with E-state index in [2.05, 4.69) is 10.3 Å². The summed E-state index contributed by atoms with van der Waals surface area (Å²) in [6.45, 7) is 0.100. The predicted octanol–water partition coefficient (Wildman–Crippen LogP) is 4.14. The van der Waals surface area contributed by atoms with E-state index in [1.807, 2.05) is 6.07 Å². The molecule has 0 saturated carbocycles. The topological polar surface area (TPSA) is 80.8 Å². The number of anilines is 1. The second-order valence-electron chi connectivity index (χ2n) is 7.01. The molecule has 0 fully saturated rings. The van der Waals surface area contributed by atoms with Crippen LogP contribution in [0, 0.1) is 0 Å². The second-order valence-corrected chi connectivity index (χ2v) is 7.44. The summed E-state index contributed by atoms with van der Waals surface area (Å²) in [5.74, 6) is 0.269. The number of aromatic nitrogens is 1. The molecule has 1 aliphatic heterocycles. The van der Waals surface area contributed by atoms with Crippen molar-refractivity contribution in [2.24, 2.45) is 0 Å². The van der Waals surface area contributed by atoms with Gasteiger partial charge < -0.3 is 14.8 Å². The molecule has 0 radical (unpaired) electrons. The molecule has 1 aliphatic rings. The van der Waals surface area contributed by atoms with E-state index >= 15 is 0 Å². The van der Waals surface area contributed by atoms with Crippen LogP contribution >= 0.6 is 11.6 Å². The molecule has 0 unspecified atom stereocenters. The second kappa shape index (κ2) is 9.11. The summed E-state index contributed by atoms with van der Waals surface area (Å²) >= 11 is 6.15. The van der Waals surface area contributed by atoms with Crippen LogP contribution in [0.25, 0.3) is 5.57 Å². The van der Waals surface area contributed by atoms with Gasteiger partial charge in [-0.2, -0.15) is 0 Å². The number of nitrogens with zero attached hydrogens (tertiary/aromatic N) is 2. The number of pyridine rings is 1. The maximum atomic E-state index is 13.4. The number of amides is 2. The van der Waals surface area contributed by atoms with E-state index < -0.39 is 11.8 Å². The lowest BCUT2D eigenvalue weighted by atomic mass is 10.0. The van der Waals surface area contributed by atoms with Gasteiger partial charge in [-0.15, -0.1) is 0 Å². The fourth-order valence-electron chi connectivity index (χ4n) is 3.45. The summed E-state index contributed by atoms with van der Waals surface area (Å²) in [5, 5.41) is 3.55. The molecule has 162 valence electrons. The third-order valence-electron chi connectivity index (χ3n) is 5.03. The van der Waals surface area contributed by atoms with Crippen molar-refractivity contribution < 1.29 is 19.1 Å². The molecule has 8 heteroatoms. The number of carbonyl (C=O) groups excluding carboxylic acids is 2. The van der Waals surface area contributed by atoms with Crippen LogP contribution in [0.1, 0.15) is 11.1 Å². The standard InChI is InChI=1S/C24H20ClN3O4/c1-31-18-8-5-16(6-9-18)21-22(27-19-12-17(25)7-10-20(19)32-2)24(30)28(23(21)29)14-15-4-3-11-26-13-15/h3-13,27H,14H2,1-2H3. The fraction of sp³-hybridized carbons (Fsp3) is 0.125. The van der Waals surface area contributed by atoms with E-state index in [0.717, 1.165) is 5.56 Å². The average molecular weight is 450 g/mol. The number of nitrogens with one attached hydrogen (secondary N) is 1. The summed E-state index contributed by atoms with van der Waals surface area (Å²) in [5.41, 5.74) is 2.20. The Hall–Kier alpha value is -3.84. The van der Waals surface area contributed by atoms with Crippen molar-refractivity contribution in [3.8, 4) is 11.5 Å². The van der Waals surface area contributed by atoms with Gasteiger partial charge in [-0.05, 0) is 47.5 Å². The summed E-state index contributed by atoms with van der Waals surface area (Å²) in [7, 11) is 3.08. The van der Waals surface area contributed by atoms with E-state index in [4.69, 9.17) is 21.1 Å². The third kappa shape index (κ3) is 4.15. The van der Waals surface area contributed by atoms with Gasteiger partial charge in [0, 0.05) is 17.4 Å². The van der Waals surface area contributed by atoms with Crippen molar-refractivity contribution >= 4 is 34.7 Å². The highest BCUT2D eigenvalue weighted by Crippen LogP contribution is 2.35. The first-order chi connectivity index (χ1) is 15.5. The van der Waals surface area contributed by atoms with Crippen molar-refractivity contribution in [1.29, 1.82) is 0 Å². The summed E-state index contributed by atoms with van der Waals surface area (Å²) < 4.78 is 10.6. The number of hydrogen-bond acceptors (Lipinski definition) is 6. The molecule has 3 aromatic rings. The van der Waals surface area contributed by atoms with Crippen LogP contribution in [-0.4, -0.2) is 35.9 Å². The molecule has 2 amide bonds. The summed E-state index contributed by atoms with van der Waals surface area (Å²) in [4.78, 5) is 32.0. The van der Waals surface area contributed by atoms with Gasteiger partial charge >= 0.3 is 0 Å². The first-order valence-corrected chi connectivity index (χ1v) is 10.1. The minimum atomic E-state index is -0.452. The van der Waals surface area contributed by atoms with Crippen LogP contribution < -0.4 is 14.8 Å². The molecule has 1 aromatic heterocycles.